The average molecular weight is 191 g/mol. The molecule has 2 atom stereocenters. The monoisotopic (exact) mass is 191 g/mol. The van der Waals surface area contributed by atoms with Gasteiger partial charge in [0.25, 0.3) is 0 Å². The fraction of sp³-hybridized carbons (Fsp3) is 0.364. The number of thioether (sulfide) groups is 1. The summed E-state index contributed by atoms with van der Waals surface area (Å²) < 4.78 is 0. The quantitative estimate of drug-likeness (QED) is 0.664. The van der Waals surface area contributed by atoms with Crippen molar-refractivity contribution in [2.75, 3.05) is 0 Å². The van der Waals surface area contributed by atoms with Crippen molar-refractivity contribution in [3.8, 4) is 0 Å². The van der Waals surface area contributed by atoms with E-state index < -0.39 is 0 Å². The van der Waals surface area contributed by atoms with Crippen molar-refractivity contribution in [1.29, 1.82) is 0 Å². The minimum Gasteiger partial charge on any atom is -0.274 e. The summed E-state index contributed by atoms with van der Waals surface area (Å²) in [5.41, 5.74) is 1.25. The van der Waals surface area contributed by atoms with E-state index >= 15 is 0 Å². The van der Waals surface area contributed by atoms with Crippen molar-refractivity contribution in [2.24, 2.45) is 4.99 Å². The molecule has 0 unspecified atom stereocenters. The number of rotatable bonds is 1. The minimum atomic E-state index is 0.459. The van der Waals surface area contributed by atoms with Crippen molar-refractivity contribution in [2.45, 2.75) is 25.1 Å². The Bertz CT molecular complexity index is 318. The second-order valence-electron chi connectivity index (χ2n) is 3.36. The first-order valence-corrected chi connectivity index (χ1v) is 5.45. The van der Waals surface area contributed by atoms with Gasteiger partial charge in [0, 0.05) is 10.8 Å². The van der Waals surface area contributed by atoms with Crippen LogP contribution in [-0.4, -0.2) is 16.3 Å². The van der Waals surface area contributed by atoms with Gasteiger partial charge in [-0.25, -0.2) is 0 Å². The lowest BCUT2D eigenvalue weighted by atomic mass is 10.2. The molecular formula is C11H13NS. The molecule has 1 aliphatic heterocycles. The zero-order valence-electron chi connectivity index (χ0n) is 7.90. The molecule has 2 heteroatoms. The molecule has 0 aromatic heterocycles. The highest BCUT2D eigenvalue weighted by molar-refractivity contribution is 8.15. The van der Waals surface area contributed by atoms with Crippen LogP contribution in [0.1, 0.15) is 19.4 Å². The Labute approximate surface area is 83.3 Å². The fourth-order valence-electron chi connectivity index (χ4n) is 1.32. The summed E-state index contributed by atoms with van der Waals surface area (Å²) in [6.07, 6.45) is 0. The van der Waals surface area contributed by atoms with Gasteiger partial charge in [-0.15, -0.1) is 11.8 Å². The van der Waals surface area contributed by atoms with Crippen LogP contribution in [0.4, 0.5) is 0 Å². The van der Waals surface area contributed by atoms with Crippen LogP contribution in [0.2, 0.25) is 0 Å². The molecule has 0 spiro atoms. The molecule has 13 heavy (non-hydrogen) atoms. The largest absolute Gasteiger partial charge is 0.274 e. The van der Waals surface area contributed by atoms with Gasteiger partial charge in [0.15, 0.2) is 0 Å². The van der Waals surface area contributed by atoms with E-state index in [4.69, 9.17) is 0 Å². The van der Waals surface area contributed by atoms with Crippen molar-refractivity contribution in [1.82, 2.24) is 0 Å². The zero-order chi connectivity index (χ0) is 9.26. The third-order valence-corrected chi connectivity index (χ3v) is 3.65. The number of hydrogen-bond acceptors (Lipinski definition) is 2. The Morgan fingerprint density at radius 1 is 1.15 bits per heavy atom. The highest BCUT2D eigenvalue weighted by Gasteiger charge is 2.22. The zero-order valence-corrected chi connectivity index (χ0v) is 8.71. The highest BCUT2D eigenvalue weighted by Crippen LogP contribution is 2.29. The molecule has 0 saturated heterocycles. The molecule has 1 aromatic rings. The molecule has 0 fully saturated rings. The van der Waals surface area contributed by atoms with E-state index in [-0.39, 0.29) is 0 Å². The molecule has 0 radical (unpaired) electrons. The first-order valence-electron chi connectivity index (χ1n) is 4.57. The average Bonchev–Trinajstić information content (AvgIpc) is 2.49. The third-order valence-electron chi connectivity index (χ3n) is 2.32. The summed E-state index contributed by atoms with van der Waals surface area (Å²) in [4.78, 5) is 4.62. The van der Waals surface area contributed by atoms with Crippen LogP contribution in [0, 0.1) is 0 Å². The van der Waals surface area contributed by atoms with Crippen LogP contribution < -0.4 is 0 Å². The Balaban J connectivity index is 2.25. The molecule has 0 bridgehead atoms. The van der Waals surface area contributed by atoms with Gasteiger partial charge >= 0.3 is 0 Å². The fourth-order valence-corrected chi connectivity index (χ4v) is 2.43. The molecule has 1 aromatic carbocycles. The van der Waals surface area contributed by atoms with Gasteiger partial charge in [-0.1, -0.05) is 37.3 Å². The van der Waals surface area contributed by atoms with E-state index in [1.54, 1.807) is 0 Å². The molecule has 0 saturated carbocycles. The van der Waals surface area contributed by atoms with Crippen molar-refractivity contribution >= 4 is 16.8 Å². The lowest BCUT2D eigenvalue weighted by molar-refractivity contribution is 0.749. The normalized spacial score (nSPS) is 27.4. The summed E-state index contributed by atoms with van der Waals surface area (Å²) in [5.74, 6) is 0. The van der Waals surface area contributed by atoms with Crippen LogP contribution in [0.3, 0.4) is 0 Å². The second kappa shape index (κ2) is 3.54. The SMILES string of the molecule is C[C@@H]1SC(c2ccccc2)=N[C@@H]1C. The molecule has 1 aliphatic rings. The lowest BCUT2D eigenvalue weighted by Gasteiger charge is -2.03. The third kappa shape index (κ3) is 1.78. The Hall–Kier alpha value is -0.760. The van der Waals surface area contributed by atoms with Crippen LogP contribution >= 0.6 is 11.8 Å². The van der Waals surface area contributed by atoms with Gasteiger partial charge in [0.05, 0.1) is 11.1 Å². The second-order valence-corrected chi connectivity index (χ2v) is 4.73. The maximum absolute atomic E-state index is 4.62. The van der Waals surface area contributed by atoms with Crippen LogP contribution in [0.25, 0.3) is 0 Å². The number of benzene rings is 1. The summed E-state index contributed by atoms with van der Waals surface area (Å²) in [7, 11) is 0. The molecule has 0 amide bonds. The van der Waals surface area contributed by atoms with Gasteiger partial charge in [0.2, 0.25) is 0 Å². The molecule has 68 valence electrons. The van der Waals surface area contributed by atoms with E-state index in [0.717, 1.165) is 0 Å². The smallest absolute Gasteiger partial charge is 0.0983 e. The number of nitrogens with zero attached hydrogens (tertiary/aromatic N) is 1. The molecule has 0 N–H and O–H groups in total. The first-order chi connectivity index (χ1) is 6.27. The van der Waals surface area contributed by atoms with Gasteiger partial charge in [0.1, 0.15) is 0 Å². The van der Waals surface area contributed by atoms with E-state index in [1.807, 2.05) is 17.8 Å². The summed E-state index contributed by atoms with van der Waals surface area (Å²) in [6, 6.07) is 10.9. The molecule has 2 rings (SSSR count). The summed E-state index contributed by atoms with van der Waals surface area (Å²) in [5, 5.41) is 1.82. The predicted molar refractivity (Wildman–Crippen MR) is 59.5 cm³/mol. The Morgan fingerprint density at radius 2 is 1.85 bits per heavy atom. The standard InChI is InChI=1S/C11H13NS/c1-8-9(2)13-11(12-8)10-6-4-3-5-7-10/h3-9H,1-2H3/t8-,9+/m1/s1. The number of hydrogen-bond donors (Lipinski definition) is 0. The maximum Gasteiger partial charge on any atom is 0.0983 e. The van der Waals surface area contributed by atoms with Gasteiger partial charge in [-0.05, 0) is 6.92 Å². The van der Waals surface area contributed by atoms with E-state index in [1.165, 1.54) is 10.6 Å². The van der Waals surface area contributed by atoms with E-state index in [2.05, 4.69) is 43.1 Å². The predicted octanol–water partition coefficient (Wildman–Crippen LogP) is 2.96. The molecule has 0 aliphatic carbocycles. The van der Waals surface area contributed by atoms with Crippen LogP contribution in [0.15, 0.2) is 35.3 Å². The minimum absolute atomic E-state index is 0.459. The van der Waals surface area contributed by atoms with Gasteiger partial charge in [-0.3, -0.25) is 4.99 Å². The van der Waals surface area contributed by atoms with E-state index in [0.29, 0.717) is 11.3 Å². The lowest BCUT2D eigenvalue weighted by Crippen LogP contribution is -2.07. The topological polar surface area (TPSA) is 12.4 Å². The van der Waals surface area contributed by atoms with Crippen molar-refractivity contribution in [3.63, 3.8) is 0 Å². The highest BCUT2D eigenvalue weighted by atomic mass is 32.2. The maximum atomic E-state index is 4.62. The number of aliphatic imine (C=N–C) groups is 1. The van der Waals surface area contributed by atoms with Crippen molar-refractivity contribution in [3.05, 3.63) is 35.9 Å². The Morgan fingerprint density at radius 3 is 2.38 bits per heavy atom. The summed E-state index contributed by atoms with van der Waals surface area (Å²) >= 11 is 1.88. The van der Waals surface area contributed by atoms with E-state index in [9.17, 15) is 0 Å². The van der Waals surface area contributed by atoms with Gasteiger partial charge in [-0.2, -0.15) is 0 Å². The van der Waals surface area contributed by atoms with Crippen molar-refractivity contribution < 1.29 is 0 Å². The molecular weight excluding hydrogens is 178 g/mol. The van der Waals surface area contributed by atoms with Crippen LogP contribution in [0.5, 0.6) is 0 Å². The molecule has 1 heterocycles. The Kier molecular flexibility index (Phi) is 2.40. The van der Waals surface area contributed by atoms with Crippen LogP contribution in [-0.2, 0) is 0 Å². The first kappa shape index (κ1) is 8.82. The summed E-state index contributed by atoms with van der Waals surface area (Å²) in [6.45, 7) is 4.41. The van der Waals surface area contributed by atoms with Gasteiger partial charge < -0.3 is 0 Å². The molecule has 1 nitrogen and oxygen atoms in total.